The number of carbonyl (C=O) groups excluding carboxylic acids is 1. The third-order valence-electron chi connectivity index (χ3n) is 4.80. The zero-order chi connectivity index (χ0) is 18.5. The number of thioether (sulfide) groups is 1. The van der Waals surface area contributed by atoms with Crippen LogP contribution in [0.4, 0.5) is 0 Å². The molecule has 1 aliphatic rings. The Hall–Kier alpha value is -1.76. The molecule has 2 aromatic rings. The zero-order valence-corrected chi connectivity index (χ0v) is 16.6. The SMILES string of the molecule is CC(C)Cn1c(SCC(=O)N[C@H]2CCCC[C@@H]2C)nnc1-c1ccco1. The Kier molecular flexibility index (Phi) is 6.40. The van der Waals surface area contributed by atoms with Gasteiger partial charge in [-0.1, -0.05) is 45.4 Å². The van der Waals surface area contributed by atoms with Crippen molar-refractivity contribution < 1.29 is 9.21 Å². The van der Waals surface area contributed by atoms with Gasteiger partial charge in [-0.15, -0.1) is 10.2 Å². The van der Waals surface area contributed by atoms with E-state index in [1.807, 2.05) is 16.7 Å². The predicted molar refractivity (Wildman–Crippen MR) is 103 cm³/mol. The van der Waals surface area contributed by atoms with Gasteiger partial charge in [0.1, 0.15) is 0 Å². The maximum absolute atomic E-state index is 12.4. The monoisotopic (exact) mass is 376 g/mol. The van der Waals surface area contributed by atoms with Gasteiger partial charge in [0, 0.05) is 12.6 Å². The second-order valence-electron chi connectivity index (χ2n) is 7.51. The molecule has 2 aromatic heterocycles. The van der Waals surface area contributed by atoms with E-state index in [-0.39, 0.29) is 5.91 Å². The van der Waals surface area contributed by atoms with E-state index in [2.05, 4.69) is 36.3 Å². The van der Waals surface area contributed by atoms with E-state index in [1.54, 1.807) is 6.26 Å². The zero-order valence-electron chi connectivity index (χ0n) is 15.8. The molecule has 1 fully saturated rings. The smallest absolute Gasteiger partial charge is 0.230 e. The Labute approximate surface area is 159 Å². The molecule has 7 heteroatoms. The van der Waals surface area contributed by atoms with E-state index in [4.69, 9.17) is 4.42 Å². The molecule has 2 heterocycles. The summed E-state index contributed by atoms with van der Waals surface area (Å²) in [6.45, 7) is 7.31. The number of nitrogens with zero attached hydrogens (tertiary/aromatic N) is 3. The third kappa shape index (κ3) is 4.69. The maximum Gasteiger partial charge on any atom is 0.230 e. The highest BCUT2D eigenvalue weighted by Crippen LogP contribution is 2.26. The van der Waals surface area contributed by atoms with E-state index in [0.717, 1.165) is 18.1 Å². The normalized spacial score (nSPS) is 20.5. The Morgan fingerprint density at radius 2 is 2.19 bits per heavy atom. The molecule has 0 unspecified atom stereocenters. The Morgan fingerprint density at radius 1 is 1.38 bits per heavy atom. The molecule has 0 radical (unpaired) electrons. The van der Waals surface area contributed by atoms with Crippen molar-refractivity contribution in [3.05, 3.63) is 18.4 Å². The molecular formula is C19H28N4O2S. The minimum Gasteiger partial charge on any atom is -0.461 e. The average molecular weight is 377 g/mol. The minimum atomic E-state index is 0.0763. The quantitative estimate of drug-likeness (QED) is 0.740. The van der Waals surface area contributed by atoms with Crippen LogP contribution < -0.4 is 5.32 Å². The van der Waals surface area contributed by atoms with Crippen LogP contribution in [0.15, 0.2) is 28.0 Å². The summed E-state index contributed by atoms with van der Waals surface area (Å²) in [5, 5.41) is 12.5. The highest BCUT2D eigenvalue weighted by Gasteiger charge is 2.23. The highest BCUT2D eigenvalue weighted by atomic mass is 32.2. The lowest BCUT2D eigenvalue weighted by Crippen LogP contribution is -2.41. The van der Waals surface area contributed by atoms with Crippen LogP contribution in [-0.2, 0) is 11.3 Å². The summed E-state index contributed by atoms with van der Waals surface area (Å²) >= 11 is 1.44. The molecule has 0 bridgehead atoms. The Morgan fingerprint density at radius 3 is 2.88 bits per heavy atom. The summed E-state index contributed by atoms with van der Waals surface area (Å²) in [6, 6.07) is 4.03. The molecule has 0 aliphatic heterocycles. The second kappa shape index (κ2) is 8.75. The summed E-state index contributed by atoms with van der Waals surface area (Å²) in [4.78, 5) is 12.4. The Balaban J connectivity index is 1.64. The van der Waals surface area contributed by atoms with Crippen molar-refractivity contribution in [2.75, 3.05) is 5.75 Å². The molecule has 1 amide bonds. The fourth-order valence-corrected chi connectivity index (χ4v) is 4.18. The van der Waals surface area contributed by atoms with Crippen LogP contribution in [0.2, 0.25) is 0 Å². The highest BCUT2D eigenvalue weighted by molar-refractivity contribution is 7.99. The van der Waals surface area contributed by atoms with E-state index in [9.17, 15) is 4.79 Å². The van der Waals surface area contributed by atoms with Crippen LogP contribution in [0.1, 0.15) is 46.5 Å². The summed E-state index contributed by atoms with van der Waals surface area (Å²) in [6.07, 6.45) is 6.40. The van der Waals surface area contributed by atoms with E-state index in [1.165, 1.54) is 31.0 Å². The van der Waals surface area contributed by atoms with Crippen LogP contribution >= 0.6 is 11.8 Å². The maximum atomic E-state index is 12.4. The van der Waals surface area contributed by atoms with E-state index in [0.29, 0.717) is 35.2 Å². The average Bonchev–Trinajstić information content (AvgIpc) is 3.24. The topological polar surface area (TPSA) is 73.0 Å². The van der Waals surface area contributed by atoms with Gasteiger partial charge in [-0.05, 0) is 36.8 Å². The van der Waals surface area contributed by atoms with Gasteiger partial charge in [-0.25, -0.2) is 0 Å². The number of furan rings is 1. The van der Waals surface area contributed by atoms with Crippen LogP contribution in [0.5, 0.6) is 0 Å². The molecule has 1 saturated carbocycles. The van der Waals surface area contributed by atoms with Crippen molar-refractivity contribution in [3.63, 3.8) is 0 Å². The van der Waals surface area contributed by atoms with Gasteiger partial charge in [0.25, 0.3) is 0 Å². The number of aromatic nitrogens is 3. The molecule has 6 nitrogen and oxygen atoms in total. The molecule has 1 aliphatic carbocycles. The van der Waals surface area contributed by atoms with Crippen molar-refractivity contribution in [1.29, 1.82) is 0 Å². The molecular weight excluding hydrogens is 348 g/mol. The first-order valence-corrected chi connectivity index (χ1v) is 10.4. The molecule has 26 heavy (non-hydrogen) atoms. The molecule has 0 spiro atoms. The molecule has 1 N–H and O–H groups in total. The number of nitrogens with one attached hydrogen (secondary N) is 1. The number of amides is 1. The first-order chi connectivity index (χ1) is 12.5. The van der Waals surface area contributed by atoms with Crippen molar-refractivity contribution in [1.82, 2.24) is 20.1 Å². The molecule has 0 aromatic carbocycles. The van der Waals surface area contributed by atoms with Gasteiger partial charge in [-0.3, -0.25) is 9.36 Å². The van der Waals surface area contributed by atoms with Crippen LogP contribution in [0.25, 0.3) is 11.6 Å². The van der Waals surface area contributed by atoms with Gasteiger partial charge < -0.3 is 9.73 Å². The van der Waals surface area contributed by atoms with Crippen LogP contribution in [0.3, 0.4) is 0 Å². The lowest BCUT2D eigenvalue weighted by molar-refractivity contribution is -0.119. The predicted octanol–water partition coefficient (Wildman–Crippen LogP) is 3.98. The van der Waals surface area contributed by atoms with Crippen LogP contribution in [-0.4, -0.2) is 32.5 Å². The first kappa shape index (κ1) is 19.0. The van der Waals surface area contributed by atoms with Crippen molar-refractivity contribution in [2.45, 2.75) is 64.2 Å². The van der Waals surface area contributed by atoms with Gasteiger partial charge in [0.15, 0.2) is 16.7 Å². The summed E-state index contributed by atoms with van der Waals surface area (Å²) in [5.41, 5.74) is 0. The van der Waals surface area contributed by atoms with Gasteiger partial charge in [0.05, 0.1) is 12.0 Å². The van der Waals surface area contributed by atoms with Crippen molar-refractivity contribution in [3.8, 4) is 11.6 Å². The van der Waals surface area contributed by atoms with Gasteiger partial charge >= 0.3 is 0 Å². The largest absolute Gasteiger partial charge is 0.461 e. The number of carbonyl (C=O) groups is 1. The van der Waals surface area contributed by atoms with Crippen LogP contribution in [0, 0.1) is 11.8 Å². The molecule has 0 saturated heterocycles. The van der Waals surface area contributed by atoms with E-state index < -0.39 is 0 Å². The lowest BCUT2D eigenvalue weighted by atomic mass is 9.86. The number of hydrogen-bond acceptors (Lipinski definition) is 5. The Bertz CT molecular complexity index is 711. The summed E-state index contributed by atoms with van der Waals surface area (Å²) < 4.78 is 7.53. The summed E-state index contributed by atoms with van der Waals surface area (Å²) in [5.74, 6) is 2.85. The van der Waals surface area contributed by atoms with Gasteiger partial charge in [0.2, 0.25) is 5.91 Å². The minimum absolute atomic E-state index is 0.0763. The fourth-order valence-electron chi connectivity index (χ4n) is 3.42. The molecule has 2 atom stereocenters. The number of rotatable bonds is 7. The molecule has 3 rings (SSSR count). The van der Waals surface area contributed by atoms with E-state index >= 15 is 0 Å². The third-order valence-corrected chi connectivity index (χ3v) is 5.76. The fraction of sp³-hybridized carbons (Fsp3) is 0.632. The van der Waals surface area contributed by atoms with Gasteiger partial charge in [-0.2, -0.15) is 0 Å². The lowest BCUT2D eigenvalue weighted by Gasteiger charge is -2.29. The summed E-state index contributed by atoms with van der Waals surface area (Å²) in [7, 11) is 0. The van der Waals surface area contributed by atoms with Crippen molar-refractivity contribution in [2.24, 2.45) is 11.8 Å². The molecule has 142 valence electrons. The second-order valence-corrected chi connectivity index (χ2v) is 8.45. The van der Waals surface area contributed by atoms with Crippen molar-refractivity contribution >= 4 is 17.7 Å². The standard InChI is InChI=1S/C19H28N4O2S/c1-13(2)11-23-18(16-9-6-10-25-16)21-22-19(23)26-12-17(24)20-15-8-5-4-7-14(15)3/h6,9-10,13-15H,4-5,7-8,11-12H2,1-3H3,(H,20,24)/t14-,15-/m0/s1. The first-order valence-electron chi connectivity index (χ1n) is 9.44. The number of hydrogen-bond donors (Lipinski definition) is 1.